The average molecular weight is 444 g/mol. The monoisotopic (exact) mass is 443 g/mol. The minimum Gasteiger partial charge on any atom is -0.478 e. The zero-order chi connectivity index (χ0) is 22.1. The molecule has 5 nitrogen and oxygen atoms in total. The van der Waals surface area contributed by atoms with E-state index >= 15 is 0 Å². The van der Waals surface area contributed by atoms with Crippen LogP contribution in [0, 0.1) is 16.4 Å². The van der Waals surface area contributed by atoms with Crippen LogP contribution < -0.4 is 5.73 Å². The standard InChI is InChI=1S/C23H23F2N3O2S/c24-17-9-16-10-18(5-6-20(16)21(25)11-17)28-19(12-26)13-27(23(28)31)8-7-14-1-3-15(4-2-14)22(29)30/h1-4,9,11,13,18H,5-8,10,12,26H2,(H,29,30)/t18-/m0/s1. The Kier molecular flexibility index (Phi) is 6.02. The van der Waals surface area contributed by atoms with Gasteiger partial charge in [-0.1, -0.05) is 12.1 Å². The number of aromatic carboxylic acids is 1. The number of fused-ring (bicyclic) bond motifs is 1. The molecule has 8 heteroatoms. The number of aryl methyl sites for hydroxylation is 2. The molecule has 1 aromatic heterocycles. The Morgan fingerprint density at radius 1 is 1.23 bits per heavy atom. The number of nitrogens with two attached hydrogens (primary N) is 1. The summed E-state index contributed by atoms with van der Waals surface area (Å²) in [7, 11) is 0. The van der Waals surface area contributed by atoms with Crippen LogP contribution in [0.1, 0.15) is 45.2 Å². The zero-order valence-electron chi connectivity index (χ0n) is 16.9. The average Bonchev–Trinajstić information content (AvgIpc) is 3.07. The lowest BCUT2D eigenvalue weighted by Gasteiger charge is -2.27. The van der Waals surface area contributed by atoms with Crippen molar-refractivity contribution in [1.29, 1.82) is 0 Å². The van der Waals surface area contributed by atoms with Gasteiger partial charge in [-0.15, -0.1) is 0 Å². The van der Waals surface area contributed by atoms with Crippen LogP contribution in [-0.4, -0.2) is 20.2 Å². The van der Waals surface area contributed by atoms with Crippen LogP contribution in [0.5, 0.6) is 0 Å². The summed E-state index contributed by atoms with van der Waals surface area (Å²) in [5, 5.41) is 9.02. The first-order valence-electron chi connectivity index (χ1n) is 10.2. The summed E-state index contributed by atoms with van der Waals surface area (Å²) in [6.45, 7) is 0.933. The molecule has 0 unspecified atom stereocenters. The van der Waals surface area contributed by atoms with Crippen molar-refractivity contribution in [3.63, 3.8) is 0 Å². The number of benzene rings is 2. The number of hydrogen-bond donors (Lipinski definition) is 2. The highest BCUT2D eigenvalue weighted by molar-refractivity contribution is 7.71. The van der Waals surface area contributed by atoms with E-state index in [1.807, 2.05) is 15.3 Å². The van der Waals surface area contributed by atoms with Crippen molar-refractivity contribution in [1.82, 2.24) is 9.13 Å². The molecule has 2 aromatic carbocycles. The van der Waals surface area contributed by atoms with Gasteiger partial charge in [0.15, 0.2) is 4.77 Å². The molecule has 1 atom stereocenters. The highest BCUT2D eigenvalue weighted by atomic mass is 32.1. The molecule has 0 radical (unpaired) electrons. The van der Waals surface area contributed by atoms with E-state index in [0.717, 1.165) is 17.3 Å². The molecular formula is C23H23F2N3O2S. The van der Waals surface area contributed by atoms with E-state index in [-0.39, 0.29) is 11.6 Å². The second-order valence-electron chi connectivity index (χ2n) is 7.84. The molecule has 4 rings (SSSR count). The third-order valence-electron chi connectivity index (χ3n) is 5.92. The molecule has 0 aliphatic heterocycles. The van der Waals surface area contributed by atoms with E-state index in [1.54, 1.807) is 24.3 Å². The largest absolute Gasteiger partial charge is 0.478 e. The Labute approximate surface area is 183 Å². The molecule has 1 aliphatic carbocycles. The Morgan fingerprint density at radius 2 is 1.97 bits per heavy atom. The lowest BCUT2D eigenvalue weighted by atomic mass is 9.87. The first kappa shape index (κ1) is 21.4. The molecule has 0 amide bonds. The number of nitrogens with zero attached hydrogens (tertiary/aromatic N) is 2. The quantitative estimate of drug-likeness (QED) is 0.553. The van der Waals surface area contributed by atoms with Crippen molar-refractivity contribution >= 4 is 18.2 Å². The lowest BCUT2D eigenvalue weighted by Crippen LogP contribution is -2.22. The van der Waals surface area contributed by atoms with Crippen molar-refractivity contribution in [2.75, 3.05) is 0 Å². The van der Waals surface area contributed by atoms with Gasteiger partial charge in [-0.05, 0) is 72.8 Å². The molecule has 0 saturated heterocycles. The van der Waals surface area contributed by atoms with Crippen molar-refractivity contribution in [3.8, 4) is 0 Å². The van der Waals surface area contributed by atoms with Crippen LogP contribution in [0.3, 0.4) is 0 Å². The summed E-state index contributed by atoms with van der Waals surface area (Å²) in [4.78, 5) is 11.0. The number of hydrogen-bond acceptors (Lipinski definition) is 3. The summed E-state index contributed by atoms with van der Waals surface area (Å²) in [5.41, 5.74) is 9.39. The van der Waals surface area contributed by atoms with Gasteiger partial charge in [-0.3, -0.25) is 0 Å². The van der Waals surface area contributed by atoms with Gasteiger partial charge in [0.1, 0.15) is 11.6 Å². The summed E-state index contributed by atoms with van der Waals surface area (Å²) in [6.07, 6.45) is 4.37. The van der Waals surface area contributed by atoms with Crippen LogP contribution in [0.2, 0.25) is 0 Å². The molecule has 1 heterocycles. The highest BCUT2D eigenvalue weighted by Gasteiger charge is 2.25. The summed E-state index contributed by atoms with van der Waals surface area (Å²) < 4.78 is 32.4. The number of halogens is 2. The third-order valence-corrected chi connectivity index (χ3v) is 6.35. The molecule has 0 saturated carbocycles. The predicted molar refractivity (Wildman–Crippen MR) is 116 cm³/mol. The fourth-order valence-corrected chi connectivity index (χ4v) is 4.74. The number of carboxylic acid groups (broad SMARTS) is 1. The number of rotatable bonds is 6. The molecule has 0 fully saturated rings. The number of aromatic nitrogens is 2. The second-order valence-corrected chi connectivity index (χ2v) is 8.21. The molecule has 162 valence electrons. The van der Waals surface area contributed by atoms with Gasteiger partial charge in [-0.2, -0.15) is 0 Å². The Balaban J connectivity index is 1.56. The Bertz CT molecular complexity index is 1180. The van der Waals surface area contributed by atoms with Gasteiger partial charge in [0, 0.05) is 31.4 Å². The van der Waals surface area contributed by atoms with E-state index in [1.165, 1.54) is 6.07 Å². The Morgan fingerprint density at radius 3 is 2.65 bits per heavy atom. The summed E-state index contributed by atoms with van der Waals surface area (Å²) >= 11 is 5.73. The minimum absolute atomic E-state index is 0.00384. The maximum absolute atomic E-state index is 14.1. The molecule has 3 aromatic rings. The maximum atomic E-state index is 14.1. The van der Waals surface area contributed by atoms with Crippen LogP contribution in [0.15, 0.2) is 42.6 Å². The van der Waals surface area contributed by atoms with Crippen LogP contribution in [0.25, 0.3) is 0 Å². The van der Waals surface area contributed by atoms with Gasteiger partial charge in [-0.25, -0.2) is 13.6 Å². The van der Waals surface area contributed by atoms with E-state index < -0.39 is 17.6 Å². The normalized spacial score (nSPS) is 15.6. The number of imidazole rings is 1. The molecule has 1 aliphatic rings. The van der Waals surface area contributed by atoms with Crippen molar-refractivity contribution in [2.45, 2.75) is 44.8 Å². The van der Waals surface area contributed by atoms with Gasteiger partial charge >= 0.3 is 5.97 Å². The van der Waals surface area contributed by atoms with E-state index in [9.17, 15) is 13.6 Å². The summed E-state index contributed by atoms with van der Waals surface area (Å²) in [6, 6.07) is 9.13. The topological polar surface area (TPSA) is 73.2 Å². The first-order chi connectivity index (χ1) is 14.9. The van der Waals surface area contributed by atoms with Gasteiger partial charge < -0.3 is 20.0 Å². The number of carboxylic acids is 1. The molecule has 0 bridgehead atoms. The van der Waals surface area contributed by atoms with E-state index in [4.69, 9.17) is 23.1 Å². The lowest BCUT2D eigenvalue weighted by molar-refractivity contribution is 0.0697. The fraction of sp³-hybridized carbons (Fsp3) is 0.304. The highest BCUT2D eigenvalue weighted by Crippen LogP contribution is 2.32. The van der Waals surface area contributed by atoms with E-state index in [2.05, 4.69) is 0 Å². The zero-order valence-corrected chi connectivity index (χ0v) is 17.7. The van der Waals surface area contributed by atoms with Crippen molar-refractivity contribution < 1.29 is 18.7 Å². The SMILES string of the molecule is NCc1cn(CCc2ccc(C(=O)O)cc2)c(=S)n1[C@H]1CCc2c(F)cc(F)cc2C1. The first-order valence-corrected chi connectivity index (χ1v) is 10.6. The molecular weight excluding hydrogens is 420 g/mol. The fourth-order valence-electron chi connectivity index (χ4n) is 4.33. The van der Waals surface area contributed by atoms with Gasteiger partial charge in [0.25, 0.3) is 0 Å². The smallest absolute Gasteiger partial charge is 0.335 e. The maximum Gasteiger partial charge on any atom is 0.335 e. The minimum atomic E-state index is -0.952. The number of carbonyl (C=O) groups is 1. The van der Waals surface area contributed by atoms with Crippen molar-refractivity contribution in [3.05, 3.63) is 86.9 Å². The Hall–Kier alpha value is -2.84. The molecule has 0 spiro atoms. The predicted octanol–water partition coefficient (Wildman–Crippen LogP) is 4.43. The van der Waals surface area contributed by atoms with Crippen LogP contribution in [0.4, 0.5) is 8.78 Å². The van der Waals surface area contributed by atoms with Crippen LogP contribution in [-0.2, 0) is 32.4 Å². The second kappa shape index (κ2) is 8.72. The summed E-state index contributed by atoms with van der Waals surface area (Å²) in [5.74, 6) is -2.00. The molecule has 31 heavy (non-hydrogen) atoms. The van der Waals surface area contributed by atoms with E-state index in [0.29, 0.717) is 54.7 Å². The van der Waals surface area contributed by atoms with Gasteiger partial charge in [0.2, 0.25) is 0 Å². The van der Waals surface area contributed by atoms with Gasteiger partial charge in [0.05, 0.1) is 11.3 Å². The van der Waals surface area contributed by atoms with Crippen LogP contribution >= 0.6 is 12.2 Å². The third kappa shape index (κ3) is 4.31. The van der Waals surface area contributed by atoms with Crippen molar-refractivity contribution in [2.24, 2.45) is 5.73 Å². The molecule has 3 N–H and O–H groups in total.